The van der Waals surface area contributed by atoms with Crippen LogP contribution in [0.5, 0.6) is 0 Å². The van der Waals surface area contributed by atoms with E-state index in [1.807, 2.05) is 0 Å². The quantitative estimate of drug-likeness (QED) is 0.258. The molecule has 0 amide bonds. The number of carbonyl (C=O) groups excluding carboxylic acids is 3. The zero-order valence-corrected chi connectivity index (χ0v) is 19.8. The molecule has 0 aromatic heterocycles. The summed E-state index contributed by atoms with van der Waals surface area (Å²) in [6.07, 6.45) is 17.2. The van der Waals surface area contributed by atoms with Crippen molar-refractivity contribution < 1.29 is 59.3 Å². The number of hydrogen-bond donors (Lipinski definition) is 0. The van der Waals surface area contributed by atoms with Gasteiger partial charge in [-0.05, 0) is 39.0 Å². The van der Waals surface area contributed by atoms with Gasteiger partial charge in [0.1, 0.15) is 0 Å². The minimum absolute atomic E-state index is 0. The largest absolute Gasteiger partial charge is 2.00 e. The monoisotopic (exact) mass is 396 g/mol. The van der Waals surface area contributed by atoms with E-state index in [4.69, 9.17) is 0 Å². The fraction of sp³-hybridized carbons (Fsp3) is 0.167. The van der Waals surface area contributed by atoms with Crippen molar-refractivity contribution in [2.45, 2.75) is 20.8 Å². The maximum Gasteiger partial charge on any atom is 2.00 e. The topological polar surface area (TPSA) is 120 Å². The number of hydrogen-bond acceptors (Lipinski definition) is 6. The Bertz CT molecular complexity index is 456. The number of carboxylic acids is 3. The van der Waals surface area contributed by atoms with Gasteiger partial charge >= 0.3 is 67.3 Å². The van der Waals surface area contributed by atoms with Crippen LogP contribution < -0.4 is 44.9 Å². The first-order valence-electron chi connectivity index (χ1n) is 6.82. The fourth-order valence-electron chi connectivity index (χ4n) is 0.736. The van der Waals surface area contributed by atoms with Crippen molar-refractivity contribution in [3.8, 4) is 0 Å². The molecule has 0 aliphatic heterocycles. The third kappa shape index (κ3) is 56.7. The molecule has 0 aromatic carbocycles. The molecule has 6 nitrogen and oxygen atoms in total. The van der Waals surface area contributed by atoms with Crippen LogP contribution >= 0.6 is 0 Å². The number of aliphatic carboxylic acids is 3. The van der Waals surface area contributed by atoms with E-state index in [0.29, 0.717) is 0 Å². The van der Waals surface area contributed by atoms with E-state index in [0.717, 1.165) is 18.2 Å². The molecule has 8 heteroatoms. The molecular weight excluding hydrogens is 375 g/mol. The van der Waals surface area contributed by atoms with Gasteiger partial charge in [-0.2, -0.15) is 0 Å². The van der Waals surface area contributed by atoms with Gasteiger partial charge in [0, 0.05) is 0 Å². The Morgan fingerprint density at radius 2 is 0.731 bits per heavy atom. The summed E-state index contributed by atoms with van der Waals surface area (Å²) in [4.78, 5) is 28.9. The Kier molecular flexibility index (Phi) is 44.2. The molecular formula is C18H21CaNaO6. The van der Waals surface area contributed by atoms with E-state index in [1.54, 1.807) is 57.2 Å². The van der Waals surface area contributed by atoms with E-state index in [2.05, 4.69) is 0 Å². The van der Waals surface area contributed by atoms with E-state index in [9.17, 15) is 29.7 Å². The second-order valence-electron chi connectivity index (χ2n) is 3.61. The fourth-order valence-corrected chi connectivity index (χ4v) is 0.736. The van der Waals surface area contributed by atoms with Crippen molar-refractivity contribution in [3.63, 3.8) is 0 Å². The summed E-state index contributed by atoms with van der Waals surface area (Å²) in [6.45, 7) is 5.42. The first kappa shape index (κ1) is 36.1. The van der Waals surface area contributed by atoms with Crippen LogP contribution in [0, 0.1) is 0 Å². The smallest absolute Gasteiger partial charge is 0.545 e. The third-order valence-electron chi connectivity index (χ3n) is 1.61. The molecule has 0 N–H and O–H groups in total. The molecule has 0 heterocycles. The predicted octanol–water partition coefficient (Wildman–Crippen LogP) is -3.77. The maximum absolute atomic E-state index is 9.64. The Balaban J connectivity index is -0.0000000817. The van der Waals surface area contributed by atoms with Crippen LogP contribution in [-0.4, -0.2) is 55.6 Å². The number of rotatable bonds is 6. The standard InChI is InChI=1S/3C6H8O2.Ca.Na/c3*1-2-3-4-5-6(7)8;;/h3*2-5H,1H3,(H,7,8);;/q;;;+2;+1/p-3/b3*3-2+,5-4+;;. The Labute approximate surface area is 206 Å². The van der Waals surface area contributed by atoms with Crippen LogP contribution in [0.15, 0.2) is 72.9 Å². The van der Waals surface area contributed by atoms with Crippen LogP contribution in [0.4, 0.5) is 0 Å². The van der Waals surface area contributed by atoms with Crippen molar-refractivity contribution in [2.75, 3.05) is 0 Å². The Hall–Kier alpha value is -0.890. The van der Waals surface area contributed by atoms with Gasteiger partial charge in [0.05, 0.1) is 17.9 Å². The zero-order chi connectivity index (χ0) is 19.2. The molecule has 0 aromatic rings. The summed E-state index contributed by atoms with van der Waals surface area (Å²) >= 11 is 0. The zero-order valence-electron chi connectivity index (χ0n) is 15.6. The number of carbonyl (C=O) groups is 3. The van der Waals surface area contributed by atoms with E-state index >= 15 is 0 Å². The summed E-state index contributed by atoms with van der Waals surface area (Å²) in [5, 5.41) is 28.9. The molecule has 0 radical (unpaired) electrons. The molecule has 0 atom stereocenters. The number of allylic oxidation sites excluding steroid dienone is 9. The average molecular weight is 396 g/mol. The molecule has 132 valence electrons. The SMILES string of the molecule is C/C=C/C=C/C(=O)[O-].C/C=C/C=C/C(=O)[O-].C/C=C/C=C/C(=O)[O-].[Ca+2].[Na+]. The van der Waals surface area contributed by atoms with Crippen LogP contribution in [0.25, 0.3) is 0 Å². The molecule has 0 aliphatic rings. The molecule has 0 saturated heterocycles. The average Bonchev–Trinajstić information content (AvgIpc) is 2.48. The maximum atomic E-state index is 9.64. The van der Waals surface area contributed by atoms with Gasteiger partial charge in [-0.15, -0.1) is 0 Å². The Morgan fingerprint density at radius 3 is 0.846 bits per heavy atom. The molecule has 0 unspecified atom stereocenters. The van der Waals surface area contributed by atoms with Crippen LogP contribution in [0.1, 0.15) is 20.8 Å². The predicted molar refractivity (Wildman–Crippen MR) is 92.6 cm³/mol. The van der Waals surface area contributed by atoms with Crippen molar-refractivity contribution in [2.24, 2.45) is 0 Å². The molecule has 0 fully saturated rings. The first-order valence-corrected chi connectivity index (χ1v) is 6.82. The van der Waals surface area contributed by atoms with Gasteiger partial charge in [0.2, 0.25) is 0 Å². The van der Waals surface area contributed by atoms with Crippen molar-refractivity contribution in [1.82, 2.24) is 0 Å². The van der Waals surface area contributed by atoms with Crippen molar-refractivity contribution in [3.05, 3.63) is 72.9 Å². The molecule has 0 saturated carbocycles. The van der Waals surface area contributed by atoms with Crippen molar-refractivity contribution >= 4 is 55.6 Å². The number of carboxylic acid groups (broad SMARTS) is 3. The molecule has 0 spiro atoms. The molecule has 0 aliphatic carbocycles. The van der Waals surface area contributed by atoms with Gasteiger partial charge < -0.3 is 29.7 Å². The summed E-state index contributed by atoms with van der Waals surface area (Å²) in [5.74, 6) is -3.49. The summed E-state index contributed by atoms with van der Waals surface area (Å²) in [6, 6.07) is 0. The third-order valence-corrected chi connectivity index (χ3v) is 1.61. The van der Waals surface area contributed by atoms with E-state index in [1.165, 1.54) is 18.2 Å². The van der Waals surface area contributed by atoms with Gasteiger partial charge in [0.15, 0.2) is 0 Å². The normalized spacial score (nSPS) is 10.3. The van der Waals surface area contributed by atoms with E-state index in [-0.39, 0.29) is 67.3 Å². The second-order valence-corrected chi connectivity index (χ2v) is 3.61. The molecule has 26 heavy (non-hydrogen) atoms. The summed E-state index contributed by atoms with van der Waals surface area (Å²) in [5.41, 5.74) is 0. The van der Waals surface area contributed by atoms with Crippen LogP contribution in [0.2, 0.25) is 0 Å². The summed E-state index contributed by atoms with van der Waals surface area (Å²) < 4.78 is 0. The van der Waals surface area contributed by atoms with Gasteiger partial charge in [-0.1, -0.05) is 54.7 Å². The molecule has 0 rings (SSSR count). The summed E-state index contributed by atoms with van der Waals surface area (Å²) in [7, 11) is 0. The first-order chi connectivity index (χ1) is 11.3. The minimum atomic E-state index is -1.16. The van der Waals surface area contributed by atoms with Crippen LogP contribution in [-0.2, 0) is 14.4 Å². The second kappa shape index (κ2) is 31.8. The van der Waals surface area contributed by atoms with Gasteiger partial charge in [-0.25, -0.2) is 0 Å². The van der Waals surface area contributed by atoms with Gasteiger partial charge in [-0.3, -0.25) is 0 Å². The molecule has 0 bridgehead atoms. The van der Waals surface area contributed by atoms with E-state index < -0.39 is 17.9 Å². The van der Waals surface area contributed by atoms with Crippen LogP contribution in [0.3, 0.4) is 0 Å². The van der Waals surface area contributed by atoms with Gasteiger partial charge in [0.25, 0.3) is 0 Å². The Morgan fingerprint density at radius 1 is 0.538 bits per heavy atom. The van der Waals surface area contributed by atoms with Crippen molar-refractivity contribution in [1.29, 1.82) is 0 Å². The minimum Gasteiger partial charge on any atom is -0.545 e.